The standard InChI is InChI=1S/C27H38N4O2/c32-25(22-7-11-31(12-8-22)26(33)30-9-3-4-10-30)28-23-5-1-2-6-24(23)29-27-16-19-13-20(17-27)15-21(14-19)18-27/h1-2,5-6,19-22,29H,3-4,7-18H2,(H,28,32). The number of benzene rings is 1. The summed E-state index contributed by atoms with van der Waals surface area (Å²) in [4.78, 5) is 29.7. The van der Waals surface area contributed by atoms with Crippen molar-refractivity contribution in [2.24, 2.45) is 23.7 Å². The summed E-state index contributed by atoms with van der Waals surface area (Å²) < 4.78 is 0. The molecule has 4 saturated carbocycles. The van der Waals surface area contributed by atoms with Gasteiger partial charge >= 0.3 is 6.03 Å². The zero-order chi connectivity index (χ0) is 22.4. The predicted octanol–water partition coefficient (Wildman–Crippen LogP) is 4.93. The minimum Gasteiger partial charge on any atom is -0.378 e. The van der Waals surface area contributed by atoms with Crippen molar-refractivity contribution >= 4 is 23.3 Å². The molecule has 6 aliphatic rings. The van der Waals surface area contributed by atoms with E-state index in [1.807, 2.05) is 21.9 Å². The highest BCUT2D eigenvalue weighted by Gasteiger charge is 2.51. The number of amides is 3. The highest BCUT2D eigenvalue weighted by molar-refractivity contribution is 5.96. The van der Waals surface area contributed by atoms with Gasteiger partial charge in [-0.05, 0) is 94.1 Å². The SMILES string of the molecule is O=C(Nc1ccccc1NC12CC3CC(CC(C3)C1)C2)C1CCN(C(=O)N2CCCC2)CC1. The van der Waals surface area contributed by atoms with Crippen molar-refractivity contribution in [3.8, 4) is 0 Å². The van der Waals surface area contributed by atoms with Crippen molar-refractivity contribution < 1.29 is 9.59 Å². The van der Waals surface area contributed by atoms with Crippen LogP contribution >= 0.6 is 0 Å². The highest BCUT2D eigenvalue weighted by Crippen LogP contribution is 2.56. The van der Waals surface area contributed by atoms with E-state index >= 15 is 0 Å². The van der Waals surface area contributed by atoms with Crippen LogP contribution in [0, 0.1) is 23.7 Å². The fourth-order valence-electron chi connectivity index (χ4n) is 7.93. The summed E-state index contributed by atoms with van der Waals surface area (Å²) in [6, 6.07) is 8.41. The van der Waals surface area contributed by atoms with Crippen molar-refractivity contribution in [1.29, 1.82) is 0 Å². The molecule has 33 heavy (non-hydrogen) atoms. The van der Waals surface area contributed by atoms with E-state index in [4.69, 9.17) is 0 Å². The van der Waals surface area contributed by atoms with E-state index in [2.05, 4.69) is 22.8 Å². The number of nitrogens with zero attached hydrogens (tertiary/aromatic N) is 2. The summed E-state index contributed by atoms with van der Waals surface area (Å²) in [5.41, 5.74) is 2.21. The molecule has 2 heterocycles. The molecular weight excluding hydrogens is 412 g/mol. The Morgan fingerprint density at radius 2 is 1.33 bits per heavy atom. The third-order valence-corrected chi connectivity index (χ3v) is 9.14. The molecule has 2 aliphatic heterocycles. The molecule has 2 saturated heterocycles. The topological polar surface area (TPSA) is 64.7 Å². The average molecular weight is 451 g/mol. The number of nitrogens with one attached hydrogen (secondary N) is 2. The summed E-state index contributed by atoms with van der Waals surface area (Å²) >= 11 is 0. The molecule has 4 aliphatic carbocycles. The Balaban J connectivity index is 1.08. The lowest BCUT2D eigenvalue weighted by Gasteiger charge is -2.57. The second-order valence-electron chi connectivity index (χ2n) is 11.6. The minimum atomic E-state index is -0.0276. The number of hydrogen-bond donors (Lipinski definition) is 2. The lowest BCUT2D eigenvalue weighted by atomic mass is 9.53. The number of carbonyl (C=O) groups is 2. The number of rotatable bonds is 4. The molecule has 3 amide bonds. The van der Waals surface area contributed by atoms with E-state index in [0.29, 0.717) is 13.1 Å². The maximum atomic E-state index is 13.2. The Morgan fingerprint density at radius 3 is 1.94 bits per heavy atom. The zero-order valence-electron chi connectivity index (χ0n) is 19.7. The van der Waals surface area contributed by atoms with Gasteiger partial charge in [0.05, 0.1) is 11.4 Å². The zero-order valence-corrected chi connectivity index (χ0v) is 19.7. The molecule has 0 atom stereocenters. The van der Waals surface area contributed by atoms with Crippen LogP contribution in [0.2, 0.25) is 0 Å². The van der Waals surface area contributed by atoms with Gasteiger partial charge < -0.3 is 20.4 Å². The molecule has 6 fully saturated rings. The van der Waals surface area contributed by atoms with E-state index < -0.39 is 0 Å². The number of para-hydroxylation sites is 2. The Kier molecular flexibility index (Phi) is 5.50. The molecule has 4 bridgehead atoms. The maximum absolute atomic E-state index is 13.2. The maximum Gasteiger partial charge on any atom is 0.319 e. The lowest BCUT2D eigenvalue weighted by Crippen LogP contribution is -2.54. The second kappa shape index (κ2) is 8.52. The van der Waals surface area contributed by atoms with Crippen molar-refractivity contribution in [3.05, 3.63) is 24.3 Å². The molecule has 0 radical (unpaired) electrons. The smallest absolute Gasteiger partial charge is 0.319 e. The summed E-state index contributed by atoms with van der Waals surface area (Å²) in [5.74, 6) is 2.74. The van der Waals surface area contributed by atoms with Gasteiger partial charge in [-0.2, -0.15) is 0 Å². The first-order valence-electron chi connectivity index (χ1n) is 13.3. The fourth-order valence-corrected chi connectivity index (χ4v) is 7.93. The largest absolute Gasteiger partial charge is 0.378 e. The second-order valence-corrected chi connectivity index (χ2v) is 11.6. The lowest BCUT2D eigenvalue weighted by molar-refractivity contribution is -0.121. The predicted molar refractivity (Wildman–Crippen MR) is 130 cm³/mol. The summed E-state index contributed by atoms with van der Waals surface area (Å²) in [6.07, 6.45) is 11.9. The molecule has 6 nitrogen and oxygen atoms in total. The number of piperidine rings is 1. The molecule has 0 aromatic heterocycles. The van der Waals surface area contributed by atoms with E-state index in [-0.39, 0.29) is 23.4 Å². The van der Waals surface area contributed by atoms with Crippen LogP contribution in [0.15, 0.2) is 24.3 Å². The van der Waals surface area contributed by atoms with Crippen molar-refractivity contribution in [2.45, 2.75) is 69.7 Å². The van der Waals surface area contributed by atoms with Gasteiger partial charge in [-0.1, -0.05) is 12.1 Å². The first-order valence-corrected chi connectivity index (χ1v) is 13.3. The van der Waals surface area contributed by atoms with E-state index in [1.54, 1.807) is 0 Å². The highest BCUT2D eigenvalue weighted by atomic mass is 16.2. The third kappa shape index (κ3) is 4.22. The van der Waals surface area contributed by atoms with Crippen LogP contribution in [-0.4, -0.2) is 53.5 Å². The fraction of sp³-hybridized carbons (Fsp3) is 0.704. The van der Waals surface area contributed by atoms with Gasteiger partial charge in [0, 0.05) is 37.6 Å². The molecule has 7 rings (SSSR count). The summed E-state index contributed by atoms with van der Waals surface area (Å²) in [5, 5.41) is 7.19. The van der Waals surface area contributed by atoms with Gasteiger partial charge in [0.2, 0.25) is 5.91 Å². The minimum absolute atomic E-state index is 0.0276. The van der Waals surface area contributed by atoms with Crippen molar-refractivity contribution in [1.82, 2.24) is 9.80 Å². The van der Waals surface area contributed by atoms with Crippen LogP contribution in [0.25, 0.3) is 0 Å². The average Bonchev–Trinajstić information content (AvgIpc) is 3.34. The molecule has 6 heteroatoms. The van der Waals surface area contributed by atoms with E-state index in [9.17, 15) is 9.59 Å². The number of likely N-dealkylation sites (tertiary alicyclic amines) is 2. The van der Waals surface area contributed by atoms with Gasteiger partial charge in [-0.3, -0.25) is 4.79 Å². The van der Waals surface area contributed by atoms with Gasteiger partial charge in [0.15, 0.2) is 0 Å². The Labute approximate surface area is 197 Å². The number of urea groups is 1. The molecule has 0 spiro atoms. The Morgan fingerprint density at radius 1 is 0.788 bits per heavy atom. The van der Waals surface area contributed by atoms with Crippen LogP contribution in [-0.2, 0) is 4.79 Å². The van der Waals surface area contributed by atoms with Crippen LogP contribution < -0.4 is 10.6 Å². The van der Waals surface area contributed by atoms with Crippen molar-refractivity contribution in [3.63, 3.8) is 0 Å². The molecule has 178 valence electrons. The van der Waals surface area contributed by atoms with Crippen LogP contribution in [0.1, 0.15) is 64.2 Å². The van der Waals surface area contributed by atoms with Gasteiger partial charge in [0.25, 0.3) is 0 Å². The monoisotopic (exact) mass is 450 g/mol. The third-order valence-electron chi connectivity index (χ3n) is 9.14. The summed E-state index contributed by atoms with van der Waals surface area (Å²) in [7, 11) is 0. The molecular formula is C27H38N4O2. The van der Waals surface area contributed by atoms with Crippen molar-refractivity contribution in [2.75, 3.05) is 36.8 Å². The van der Waals surface area contributed by atoms with Gasteiger partial charge in [-0.15, -0.1) is 0 Å². The van der Waals surface area contributed by atoms with E-state index in [1.165, 1.54) is 38.5 Å². The normalized spacial score (nSPS) is 33.4. The molecule has 0 unspecified atom stereocenters. The molecule has 1 aromatic carbocycles. The number of anilines is 2. The summed E-state index contributed by atoms with van der Waals surface area (Å²) in [6.45, 7) is 3.13. The van der Waals surface area contributed by atoms with Crippen LogP contribution in [0.5, 0.6) is 0 Å². The number of hydrogen-bond acceptors (Lipinski definition) is 3. The molecule has 1 aromatic rings. The van der Waals surface area contributed by atoms with Crippen LogP contribution in [0.4, 0.5) is 16.2 Å². The van der Waals surface area contributed by atoms with Gasteiger partial charge in [-0.25, -0.2) is 4.79 Å². The first-order chi connectivity index (χ1) is 16.1. The molecule has 2 N–H and O–H groups in total. The van der Waals surface area contributed by atoms with Crippen LogP contribution in [0.3, 0.4) is 0 Å². The Bertz CT molecular complexity index is 866. The Hall–Kier alpha value is -2.24. The first kappa shape index (κ1) is 21.3. The van der Waals surface area contributed by atoms with Gasteiger partial charge in [0.1, 0.15) is 0 Å². The quantitative estimate of drug-likeness (QED) is 0.683. The van der Waals surface area contributed by atoms with E-state index in [0.717, 1.165) is 67.9 Å². The number of carbonyl (C=O) groups excluding carboxylic acids is 2.